The number of allylic oxidation sites excluding steroid dienone is 1. The minimum Gasteiger partial charge on any atom is -0.384 e. The Bertz CT molecular complexity index is 3930. The van der Waals surface area contributed by atoms with E-state index >= 15 is 0 Å². The SMILES string of the molecule is C=C1Cc2c(C)cccc2N1.Cc1cccc(C)c1.Cc1cccc2[nH]ccc12.Cc1cccc2[nH]cnc12.Cc1cccc2[nH]cnc12.Cc1cccc2ccccc12.[B][B]C.[B][B]C.[B][B]C.[B][B]C.[B][B]C.[B][B]C.[B][B]C.[B][B]C.c1ccc2[nH]ccc2c1.c1ccc2c(c1)CCN2. The number of benzene rings is 9. The average Bonchev–Trinajstić information content (AvgIpc) is 1.74. The molecule has 24 radical (unpaired) electrons. The summed E-state index contributed by atoms with van der Waals surface area (Å²) < 4.78 is 0. The number of para-hydroxylation sites is 4. The highest BCUT2D eigenvalue weighted by molar-refractivity contribution is 6.90. The standard InChI is InChI=1S/C11H10.C10H11N.C9H9N.2C8H8N2.C8H9N.C8H7N.C8H10.8CH3B2/c1-9-5-4-7-10-6-2-3-8-11(9)10;1-7-4-3-5-10-9(7)6-8(2)11-10;1-7-3-2-4-9-8(7)5-6-10-9;2*1-6-3-2-4-7-8(6)10-5-9-7;2*1-2-4-8-7(3-1)5-6-9-8;1-7-4-3-5-8(2)6-7;8*1-3-2/h2-8H,1H3;3-5,11H,2,6H2,1H3;2-6,10H,1H3;2*2-5H,1H3,(H,9,10);1-4,9H,5-6H2;1-6,9H;3-6H,1-2H3;8*1H3. The first kappa shape index (κ1) is 93.6. The molecule has 2 aliphatic rings. The van der Waals surface area contributed by atoms with Gasteiger partial charge < -0.3 is 30.6 Å². The maximum Gasteiger partial charge on any atom is 0.0931 e. The molecule has 6 N–H and O–H groups in total. The molecule has 0 saturated carbocycles. The first-order chi connectivity index (χ1) is 49.3. The van der Waals surface area contributed by atoms with E-state index in [9.17, 15) is 0 Å². The molecule has 0 amide bonds. The van der Waals surface area contributed by atoms with Crippen LogP contribution >= 0.6 is 0 Å². The number of hydrogen-bond acceptors (Lipinski definition) is 4. The van der Waals surface area contributed by atoms with Crippen LogP contribution in [0.5, 0.6) is 0 Å². The minimum absolute atomic E-state index is 0.988. The molecule has 0 bridgehead atoms. The monoisotopic (exact) mass is 1320 g/mol. The zero-order chi connectivity index (χ0) is 76.3. The molecule has 2 aliphatic heterocycles. The topological polar surface area (TPSA) is 113 Å². The van der Waals surface area contributed by atoms with Gasteiger partial charge in [-0.25, -0.2) is 9.97 Å². The summed E-state index contributed by atoms with van der Waals surface area (Å²) >= 11 is 0. The Hall–Kier alpha value is -8.36. The van der Waals surface area contributed by atoms with E-state index in [0.717, 1.165) is 40.7 Å². The lowest BCUT2D eigenvalue weighted by Gasteiger charge is -2.00. The van der Waals surface area contributed by atoms with E-state index in [1.807, 2.05) is 48.8 Å². The number of nitrogens with one attached hydrogen (secondary N) is 6. The summed E-state index contributed by atoms with van der Waals surface area (Å²) in [6, 6.07) is 68.9. The van der Waals surface area contributed by atoms with Crippen molar-refractivity contribution in [3.63, 3.8) is 0 Å². The molecule has 24 heteroatoms. The van der Waals surface area contributed by atoms with E-state index in [2.05, 4.69) is 259 Å². The minimum atomic E-state index is 0.988. The first-order valence-corrected chi connectivity index (χ1v) is 33.9. The molecule has 102 heavy (non-hydrogen) atoms. The van der Waals surface area contributed by atoms with Crippen molar-refractivity contribution in [2.45, 2.75) is 116 Å². The van der Waals surface area contributed by atoms with Crippen molar-refractivity contribution in [2.75, 3.05) is 17.2 Å². The van der Waals surface area contributed by atoms with Crippen LogP contribution in [0.4, 0.5) is 11.4 Å². The summed E-state index contributed by atoms with van der Waals surface area (Å²) in [7, 11) is 49.8. The fourth-order valence-corrected chi connectivity index (χ4v) is 9.40. The lowest BCUT2D eigenvalue weighted by molar-refractivity contribution is 1.11. The molecule has 0 fully saturated rings. The Kier molecular flexibility index (Phi) is 55.3. The van der Waals surface area contributed by atoms with E-state index < -0.39 is 0 Å². The Balaban J connectivity index is 0.00000110. The van der Waals surface area contributed by atoms with Crippen LogP contribution in [0.25, 0.3) is 54.6 Å². The van der Waals surface area contributed by atoms with Gasteiger partial charge in [0.2, 0.25) is 0 Å². The molecule has 0 atom stereocenters. The highest BCUT2D eigenvalue weighted by Crippen LogP contribution is 2.29. The molecule has 6 heterocycles. The molecule has 4 aromatic heterocycles. The first-order valence-electron chi connectivity index (χ1n) is 33.9. The Labute approximate surface area is 631 Å². The molecular weight excluding hydrogens is 1220 g/mol. The Morgan fingerprint density at radius 1 is 0.353 bits per heavy atom. The van der Waals surface area contributed by atoms with Gasteiger partial charge in [-0.2, -0.15) is 0 Å². The third-order valence-electron chi connectivity index (χ3n) is 13.6. The molecule has 9 aromatic carbocycles. The third-order valence-corrected chi connectivity index (χ3v) is 13.6. The third kappa shape index (κ3) is 39.2. The van der Waals surface area contributed by atoms with Crippen LogP contribution in [0, 0.1) is 48.5 Å². The van der Waals surface area contributed by atoms with E-state index in [1.54, 1.807) is 67.2 Å². The predicted octanol–water partition coefficient (Wildman–Crippen LogP) is 16.5. The number of rotatable bonds is 0. The predicted molar refractivity (Wildman–Crippen MR) is 473 cm³/mol. The second-order valence-corrected chi connectivity index (χ2v) is 22.3. The maximum absolute atomic E-state index is 4.72. The van der Waals surface area contributed by atoms with Gasteiger partial charge in [-0.1, -0.05) is 169 Å². The van der Waals surface area contributed by atoms with Gasteiger partial charge in [0.25, 0.3) is 0 Å². The summed E-state index contributed by atoms with van der Waals surface area (Å²) in [6.07, 6.45) is 9.54. The summed E-state index contributed by atoms with van der Waals surface area (Å²) in [5.74, 6) is 0. The number of nitrogens with zero attached hydrogens (tertiary/aromatic N) is 2. The molecule has 13 aromatic rings. The van der Waals surface area contributed by atoms with Crippen LogP contribution in [-0.2, 0) is 12.8 Å². The van der Waals surface area contributed by atoms with Gasteiger partial charge in [-0.3, -0.25) is 0 Å². The van der Waals surface area contributed by atoms with E-state index in [-0.39, 0.29) is 0 Å². The highest BCUT2D eigenvalue weighted by Gasteiger charge is 2.14. The second kappa shape index (κ2) is 60.2. The summed E-state index contributed by atoms with van der Waals surface area (Å²) in [5, 5.41) is 11.8. The fourth-order valence-electron chi connectivity index (χ4n) is 9.40. The van der Waals surface area contributed by atoms with Crippen molar-refractivity contribution in [1.82, 2.24) is 29.9 Å². The quantitative estimate of drug-likeness (QED) is 0.0849. The number of fused-ring (bicyclic) bond motifs is 7. The molecule has 8 nitrogen and oxygen atoms in total. The van der Waals surface area contributed by atoms with E-state index in [4.69, 9.17) is 61.9 Å². The fraction of sp³-hybridized carbons (Fsp3) is 0.231. The van der Waals surface area contributed by atoms with Crippen LogP contribution in [0.1, 0.15) is 50.1 Å². The van der Waals surface area contributed by atoms with Crippen LogP contribution in [0.2, 0.25) is 54.6 Å². The van der Waals surface area contributed by atoms with Crippen LogP contribution < -0.4 is 10.6 Å². The number of H-pyrrole nitrogens is 4. The smallest absolute Gasteiger partial charge is 0.0931 e. The van der Waals surface area contributed by atoms with Crippen LogP contribution in [0.15, 0.2) is 238 Å². The highest BCUT2D eigenvalue weighted by atomic mass is 14.9. The average molecular weight is 1320 g/mol. The van der Waals surface area contributed by atoms with Crippen molar-refractivity contribution < 1.29 is 0 Å². The van der Waals surface area contributed by atoms with Crippen molar-refractivity contribution in [1.29, 1.82) is 0 Å². The van der Waals surface area contributed by atoms with Crippen molar-refractivity contribution in [3.8, 4) is 0 Å². The van der Waals surface area contributed by atoms with Crippen LogP contribution in [0.3, 0.4) is 0 Å². The zero-order valence-electron chi connectivity index (χ0n) is 63.3. The van der Waals surface area contributed by atoms with Gasteiger partial charge >= 0.3 is 0 Å². The van der Waals surface area contributed by atoms with Crippen molar-refractivity contribution in [2.24, 2.45) is 0 Å². The lowest BCUT2D eigenvalue weighted by Crippen LogP contribution is -1.90. The molecule has 0 aliphatic carbocycles. The Morgan fingerprint density at radius 3 is 1.21 bits per heavy atom. The van der Waals surface area contributed by atoms with Crippen LogP contribution in [-0.4, -0.2) is 156 Å². The van der Waals surface area contributed by atoms with Crippen molar-refractivity contribution >= 4 is 185 Å². The number of imidazole rings is 2. The Morgan fingerprint density at radius 2 is 0.735 bits per heavy atom. The van der Waals surface area contributed by atoms with Gasteiger partial charge in [0, 0.05) is 121 Å². The molecule has 0 spiro atoms. The molecule has 0 unspecified atom stereocenters. The van der Waals surface area contributed by atoms with E-state index in [1.165, 1.54) is 158 Å². The second-order valence-electron chi connectivity index (χ2n) is 22.3. The molecule has 15 rings (SSSR count). The van der Waals surface area contributed by atoms with Gasteiger partial charge in [-0.15, -0.1) is 54.6 Å². The normalized spacial score (nSPS) is 9.70. The number of hydrogen-bond donors (Lipinski definition) is 6. The van der Waals surface area contributed by atoms with Gasteiger partial charge in [0.15, 0.2) is 0 Å². The summed E-state index contributed by atoms with van der Waals surface area (Å²) in [4.78, 5) is 20.7. The molecule has 496 valence electrons. The van der Waals surface area contributed by atoms with Gasteiger partial charge in [0.1, 0.15) is 0 Å². The number of anilines is 2. The summed E-state index contributed by atoms with van der Waals surface area (Å²) in [6.45, 7) is 34.0. The number of aromatic nitrogens is 6. The largest absolute Gasteiger partial charge is 0.384 e. The molecule has 0 saturated heterocycles. The molecular formula is C78H96B16N8. The van der Waals surface area contributed by atoms with Gasteiger partial charge in [0.05, 0.1) is 92.1 Å². The van der Waals surface area contributed by atoms with Gasteiger partial charge in [-0.05, 0) is 159 Å². The zero-order valence-corrected chi connectivity index (χ0v) is 63.3. The number of aryl methyl sites for hydroxylation is 7. The number of aromatic amines is 4. The van der Waals surface area contributed by atoms with E-state index in [0.29, 0.717) is 0 Å². The lowest BCUT2D eigenvalue weighted by atomic mass is 9.59. The summed E-state index contributed by atoms with van der Waals surface area (Å²) in [5.41, 5.74) is 22.5. The van der Waals surface area contributed by atoms with Crippen molar-refractivity contribution in [3.05, 3.63) is 288 Å². The maximum atomic E-state index is 4.72.